The third kappa shape index (κ3) is 7.37. The molecule has 3 heteroatoms. The largest absolute Gasteiger partial charge is 0.550 e. The Morgan fingerprint density at radius 3 is 2.40 bits per heavy atom. The lowest BCUT2D eigenvalue weighted by atomic mass is 9.91. The Labute approximate surface area is 92.5 Å². The van der Waals surface area contributed by atoms with Crippen molar-refractivity contribution in [3.05, 3.63) is 0 Å². The molecule has 0 aliphatic carbocycles. The molecule has 0 saturated carbocycles. The fourth-order valence-corrected chi connectivity index (χ4v) is 1.59. The number of hydrogen-bond acceptors (Lipinski definition) is 3. The van der Waals surface area contributed by atoms with E-state index in [2.05, 4.69) is 6.92 Å². The van der Waals surface area contributed by atoms with E-state index in [1.165, 1.54) is 0 Å². The van der Waals surface area contributed by atoms with Crippen LogP contribution in [0.4, 0.5) is 0 Å². The van der Waals surface area contributed by atoms with Gasteiger partial charge in [0, 0.05) is 5.97 Å². The minimum atomic E-state index is -0.997. The first-order valence-electron chi connectivity index (χ1n) is 5.82. The molecule has 1 N–H and O–H groups in total. The first-order chi connectivity index (χ1) is 6.89. The third-order valence-corrected chi connectivity index (χ3v) is 2.82. The minimum Gasteiger partial charge on any atom is -0.550 e. The van der Waals surface area contributed by atoms with E-state index < -0.39 is 17.5 Å². The van der Waals surface area contributed by atoms with Crippen LogP contribution in [0.1, 0.15) is 59.3 Å². The molecule has 0 amide bonds. The number of hydrogen-bond donors (Lipinski definition) is 1. The predicted molar refractivity (Wildman–Crippen MR) is 58.2 cm³/mol. The molecular formula is C12H23O3-. The van der Waals surface area contributed by atoms with Crippen molar-refractivity contribution in [1.29, 1.82) is 0 Å². The van der Waals surface area contributed by atoms with Crippen molar-refractivity contribution in [3.63, 3.8) is 0 Å². The van der Waals surface area contributed by atoms with E-state index in [9.17, 15) is 15.0 Å². The highest BCUT2D eigenvalue weighted by Gasteiger charge is 2.19. The Kier molecular flexibility index (Phi) is 6.57. The second kappa shape index (κ2) is 6.83. The van der Waals surface area contributed by atoms with Gasteiger partial charge in [-0.25, -0.2) is 0 Å². The van der Waals surface area contributed by atoms with Crippen molar-refractivity contribution in [2.75, 3.05) is 0 Å². The number of unbranched alkanes of at least 4 members (excludes halogenated alkanes) is 1. The summed E-state index contributed by atoms with van der Waals surface area (Å²) in [6.45, 7) is 5.57. The van der Waals surface area contributed by atoms with Crippen LogP contribution in [0.2, 0.25) is 0 Å². The standard InChI is InChI=1S/C12H24O3/c1-4-5-8-12(3,15)9-6-7-10(2)11(13)14/h10,15H,4-9H2,1-3H3,(H,13,14)/p-1. The zero-order valence-electron chi connectivity index (χ0n) is 10.1. The molecular weight excluding hydrogens is 192 g/mol. The van der Waals surface area contributed by atoms with Crippen molar-refractivity contribution in [2.45, 2.75) is 64.9 Å². The summed E-state index contributed by atoms with van der Waals surface area (Å²) in [6, 6.07) is 0. The Morgan fingerprint density at radius 2 is 1.93 bits per heavy atom. The second-order valence-corrected chi connectivity index (χ2v) is 4.71. The highest BCUT2D eigenvalue weighted by molar-refractivity contribution is 5.66. The number of carboxylic acid groups (broad SMARTS) is 1. The maximum Gasteiger partial charge on any atom is 0.0619 e. The first-order valence-corrected chi connectivity index (χ1v) is 5.82. The summed E-state index contributed by atoms with van der Waals surface area (Å²) in [7, 11) is 0. The monoisotopic (exact) mass is 215 g/mol. The van der Waals surface area contributed by atoms with E-state index in [1.54, 1.807) is 6.92 Å². The maximum atomic E-state index is 10.5. The fourth-order valence-electron chi connectivity index (χ4n) is 1.59. The highest BCUT2D eigenvalue weighted by atomic mass is 16.4. The first kappa shape index (κ1) is 14.4. The Hall–Kier alpha value is -0.570. The van der Waals surface area contributed by atoms with Gasteiger partial charge >= 0.3 is 0 Å². The van der Waals surface area contributed by atoms with Gasteiger partial charge in [-0.05, 0) is 38.5 Å². The number of carboxylic acids is 1. The van der Waals surface area contributed by atoms with Crippen LogP contribution in [0.3, 0.4) is 0 Å². The van der Waals surface area contributed by atoms with Crippen molar-refractivity contribution in [1.82, 2.24) is 0 Å². The van der Waals surface area contributed by atoms with Gasteiger partial charge in [-0.15, -0.1) is 0 Å². The average Bonchev–Trinajstić information content (AvgIpc) is 2.14. The quantitative estimate of drug-likeness (QED) is 0.667. The number of carbonyl (C=O) groups is 1. The smallest absolute Gasteiger partial charge is 0.0619 e. The van der Waals surface area contributed by atoms with Gasteiger partial charge in [0.25, 0.3) is 0 Å². The van der Waals surface area contributed by atoms with Crippen molar-refractivity contribution in [3.8, 4) is 0 Å². The lowest BCUT2D eigenvalue weighted by Crippen LogP contribution is -2.30. The Morgan fingerprint density at radius 1 is 1.40 bits per heavy atom. The third-order valence-electron chi connectivity index (χ3n) is 2.82. The zero-order chi connectivity index (χ0) is 11.9. The number of aliphatic hydroxyl groups is 1. The number of carbonyl (C=O) groups excluding carboxylic acids is 1. The van der Waals surface area contributed by atoms with Gasteiger partial charge in [0.15, 0.2) is 0 Å². The molecule has 0 bridgehead atoms. The summed E-state index contributed by atoms with van der Waals surface area (Å²) < 4.78 is 0. The van der Waals surface area contributed by atoms with E-state index in [4.69, 9.17) is 0 Å². The summed E-state index contributed by atoms with van der Waals surface area (Å²) >= 11 is 0. The van der Waals surface area contributed by atoms with Crippen LogP contribution in [-0.4, -0.2) is 16.7 Å². The van der Waals surface area contributed by atoms with Gasteiger partial charge < -0.3 is 15.0 Å². The maximum absolute atomic E-state index is 10.5. The van der Waals surface area contributed by atoms with Gasteiger partial charge in [0.1, 0.15) is 0 Å². The Balaban J connectivity index is 3.69. The Bertz CT molecular complexity index is 187. The van der Waals surface area contributed by atoms with Gasteiger partial charge in [-0.1, -0.05) is 26.7 Å². The van der Waals surface area contributed by atoms with Crippen LogP contribution < -0.4 is 5.11 Å². The van der Waals surface area contributed by atoms with Crippen LogP contribution in [-0.2, 0) is 4.79 Å². The van der Waals surface area contributed by atoms with E-state index in [0.717, 1.165) is 25.7 Å². The van der Waals surface area contributed by atoms with E-state index in [1.807, 2.05) is 6.92 Å². The van der Waals surface area contributed by atoms with E-state index >= 15 is 0 Å². The van der Waals surface area contributed by atoms with Gasteiger partial charge in [-0.3, -0.25) is 0 Å². The van der Waals surface area contributed by atoms with Crippen molar-refractivity contribution >= 4 is 5.97 Å². The average molecular weight is 215 g/mol. The molecule has 0 aromatic rings. The zero-order valence-corrected chi connectivity index (χ0v) is 10.1. The van der Waals surface area contributed by atoms with E-state index in [0.29, 0.717) is 12.8 Å². The molecule has 15 heavy (non-hydrogen) atoms. The molecule has 0 fully saturated rings. The molecule has 0 spiro atoms. The molecule has 0 rings (SSSR count). The second-order valence-electron chi connectivity index (χ2n) is 4.71. The fraction of sp³-hybridized carbons (Fsp3) is 0.917. The van der Waals surface area contributed by atoms with Gasteiger partial charge in [-0.2, -0.15) is 0 Å². The minimum absolute atomic E-state index is 0.410. The normalized spacial score (nSPS) is 17.1. The predicted octanol–water partition coefficient (Wildman–Crippen LogP) is 1.48. The molecule has 0 aromatic carbocycles. The lowest BCUT2D eigenvalue weighted by molar-refractivity contribution is -0.311. The summed E-state index contributed by atoms with van der Waals surface area (Å²) in [5.41, 5.74) is -0.637. The number of rotatable bonds is 8. The van der Waals surface area contributed by atoms with Crippen LogP contribution in [0.25, 0.3) is 0 Å². The molecule has 2 unspecified atom stereocenters. The summed E-state index contributed by atoms with van der Waals surface area (Å²) in [4.78, 5) is 10.5. The van der Waals surface area contributed by atoms with Crippen molar-refractivity contribution in [2.24, 2.45) is 5.92 Å². The summed E-state index contributed by atoms with van der Waals surface area (Å²) in [5, 5.41) is 20.4. The van der Waals surface area contributed by atoms with Crippen LogP contribution in [0, 0.1) is 5.92 Å². The van der Waals surface area contributed by atoms with Crippen LogP contribution in [0.15, 0.2) is 0 Å². The number of aliphatic carboxylic acids is 1. The molecule has 90 valence electrons. The topological polar surface area (TPSA) is 60.4 Å². The molecule has 0 heterocycles. The summed E-state index contributed by atoms with van der Waals surface area (Å²) in [5.74, 6) is -1.41. The molecule has 0 aliphatic heterocycles. The van der Waals surface area contributed by atoms with E-state index in [-0.39, 0.29) is 0 Å². The molecule has 0 radical (unpaired) electrons. The van der Waals surface area contributed by atoms with Crippen LogP contribution in [0.5, 0.6) is 0 Å². The van der Waals surface area contributed by atoms with Gasteiger partial charge in [0.2, 0.25) is 0 Å². The lowest BCUT2D eigenvalue weighted by Gasteiger charge is -2.23. The van der Waals surface area contributed by atoms with Gasteiger partial charge in [0.05, 0.1) is 5.60 Å². The SMILES string of the molecule is CCCCC(C)(O)CCCC(C)C(=O)[O-]. The molecule has 0 aliphatic rings. The van der Waals surface area contributed by atoms with Crippen LogP contribution >= 0.6 is 0 Å². The molecule has 2 atom stereocenters. The highest BCUT2D eigenvalue weighted by Crippen LogP contribution is 2.21. The molecule has 0 saturated heterocycles. The summed E-state index contributed by atoms with van der Waals surface area (Å²) in [6.07, 6.45) is 4.89. The van der Waals surface area contributed by atoms with Crippen molar-refractivity contribution < 1.29 is 15.0 Å². The molecule has 3 nitrogen and oxygen atoms in total. The molecule has 0 aromatic heterocycles.